The average Bonchev–Trinajstić information content (AvgIpc) is 2.54. The molecule has 1 aromatic heterocycles. The lowest BCUT2D eigenvalue weighted by molar-refractivity contribution is 0.289. The van der Waals surface area contributed by atoms with Crippen LogP contribution in [0.25, 0.3) is 0 Å². The van der Waals surface area contributed by atoms with Crippen LogP contribution in [0.1, 0.15) is 24.5 Å². The Balaban J connectivity index is 2.11. The molecule has 0 atom stereocenters. The third-order valence-electron chi connectivity index (χ3n) is 3.08. The predicted molar refractivity (Wildman–Crippen MR) is 81.2 cm³/mol. The van der Waals surface area contributed by atoms with E-state index in [1.807, 2.05) is 24.3 Å². The van der Waals surface area contributed by atoms with Crippen molar-refractivity contribution in [2.45, 2.75) is 26.4 Å². The van der Waals surface area contributed by atoms with Crippen molar-refractivity contribution in [2.75, 3.05) is 12.5 Å². The van der Waals surface area contributed by atoms with Gasteiger partial charge in [0.25, 0.3) is 0 Å². The second-order valence-corrected chi connectivity index (χ2v) is 4.54. The van der Waals surface area contributed by atoms with Gasteiger partial charge in [-0.3, -0.25) is 0 Å². The molecule has 6 heteroatoms. The van der Waals surface area contributed by atoms with E-state index in [4.69, 9.17) is 15.3 Å². The van der Waals surface area contributed by atoms with Crippen LogP contribution in [-0.2, 0) is 13.0 Å². The molecule has 6 nitrogen and oxygen atoms in total. The van der Waals surface area contributed by atoms with Crippen LogP contribution in [0.2, 0.25) is 0 Å². The van der Waals surface area contributed by atoms with Crippen LogP contribution in [0, 0.1) is 0 Å². The highest BCUT2D eigenvalue weighted by atomic mass is 16.5. The van der Waals surface area contributed by atoms with Gasteiger partial charge in [-0.2, -0.15) is 0 Å². The van der Waals surface area contributed by atoms with Crippen LogP contribution >= 0.6 is 0 Å². The average molecular weight is 288 g/mol. The molecular weight excluding hydrogens is 268 g/mol. The normalized spacial score (nSPS) is 10.2. The van der Waals surface area contributed by atoms with Crippen molar-refractivity contribution in [3.63, 3.8) is 0 Å². The molecule has 0 aliphatic rings. The summed E-state index contributed by atoms with van der Waals surface area (Å²) in [5, 5.41) is 0. The van der Waals surface area contributed by atoms with Gasteiger partial charge in [0, 0.05) is 0 Å². The summed E-state index contributed by atoms with van der Waals surface area (Å²) in [7, 11) is 1.64. The summed E-state index contributed by atoms with van der Waals surface area (Å²) in [6, 6.07) is 7.72. The summed E-state index contributed by atoms with van der Waals surface area (Å²) in [4.78, 5) is 8.31. The highest BCUT2D eigenvalue weighted by Gasteiger charge is 2.11. The molecule has 0 fully saturated rings. The van der Waals surface area contributed by atoms with Crippen LogP contribution in [-0.4, -0.2) is 17.1 Å². The Morgan fingerprint density at radius 3 is 2.57 bits per heavy atom. The summed E-state index contributed by atoms with van der Waals surface area (Å²) in [5.41, 5.74) is 4.53. The first-order valence-corrected chi connectivity index (χ1v) is 6.84. The van der Waals surface area contributed by atoms with E-state index in [1.165, 1.54) is 6.33 Å². The largest absolute Gasteiger partial charge is 0.497 e. The molecule has 0 spiro atoms. The molecule has 2 aromatic rings. The molecule has 0 amide bonds. The Morgan fingerprint density at radius 2 is 1.95 bits per heavy atom. The zero-order chi connectivity index (χ0) is 15.1. The van der Waals surface area contributed by atoms with Crippen LogP contribution in [0.3, 0.4) is 0 Å². The molecule has 21 heavy (non-hydrogen) atoms. The SMILES string of the molecule is CCCc1c(NN)ncnc1OCc1ccc(OC)cc1. The maximum atomic E-state index is 5.80. The molecule has 0 saturated carbocycles. The highest BCUT2D eigenvalue weighted by Crippen LogP contribution is 2.24. The molecule has 2 rings (SSSR count). The summed E-state index contributed by atoms with van der Waals surface area (Å²) >= 11 is 0. The smallest absolute Gasteiger partial charge is 0.222 e. The number of rotatable bonds is 7. The molecule has 112 valence electrons. The fourth-order valence-corrected chi connectivity index (χ4v) is 1.99. The maximum absolute atomic E-state index is 5.80. The molecule has 0 radical (unpaired) electrons. The summed E-state index contributed by atoms with van der Waals surface area (Å²) in [6.07, 6.45) is 3.21. The Hall–Kier alpha value is -2.34. The summed E-state index contributed by atoms with van der Waals surface area (Å²) in [6.45, 7) is 2.52. The molecule has 3 N–H and O–H groups in total. The number of nitrogens with zero attached hydrogens (tertiary/aromatic N) is 2. The van der Waals surface area contributed by atoms with Gasteiger partial charge in [-0.15, -0.1) is 0 Å². The quantitative estimate of drug-likeness (QED) is 0.601. The van der Waals surface area contributed by atoms with Gasteiger partial charge in [0.2, 0.25) is 5.88 Å². The van der Waals surface area contributed by atoms with Gasteiger partial charge >= 0.3 is 0 Å². The van der Waals surface area contributed by atoms with Crippen molar-refractivity contribution in [1.29, 1.82) is 0 Å². The molecule has 1 heterocycles. The van der Waals surface area contributed by atoms with E-state index in [2.05, 4.69) is 22.3 Å². The fourth-order valence-electron chi connectivity index (χ4n) is 1.99. The van der Waals surface area contributed by atoms with Gasteiger partial charge < -0.3 is 14.9 Å². The topological polar surface area (TPSA) is 82.3 Å². The van der Waals surface area contributed by atoms with Crippen molar-refractivity contribution in [2.24, 2.45) is 5.84 Å². The van der Waals surface area contributed by atoms with Gasteiger partial charge in [-0.05, 0) is 24.1 Å². The maximum Gasteiger partial charge on any atom is 0.222 e. The van der Waals surface area contributed by atoms with E-state index >= 15 is 0 Å². The minimum absolute atomic E-state index is 0.432. The minimum atomic E-state index is 0.432. The van der Waals surface area contributed by atoms with E-state index < -0.39 is 0 Å². The second kappa shape index (κ2) is 7.44. The lowest BCUT2D eigenvalue weighted by Gasteiger charge is -2.12. The summed E-state index contributed by atoms with van der Waals surface area (Å²) in [5.74, 6) is 7.47. The number of hydrazine groups is 1. The van der Waals surface area contributed by atoms with Crippen molar-refractivity contribution in [1.82, 2.24) is 9.97 Å². The third-order valence-corrected chi connectivity index (χ3v) is 3.08. The van der Waals surface area contributed by atoms with Crippen LogP contribution in [0.5, 0.6) is 11.6 Å². The van der Waals surface area contributed by atoms with Crippen molar-refractivity contribution in [3.8, 4) is 11.6 Å². The number of hydrogen-bond acceptors (Lipinski definition) is 6. The first-order valence-electron chi connectivity index (χ1n) is 6.84. The predicted octanol–water partition coefficient (Wildman–Crippen LogP) is 2.30. The Kier molecular flexibility index (Phi) is 5.34. The molecule has 0 saturated heterocycles. The first-order chi connectivity index (χ1) is 10.3. The zero-order valence-electron chi connectivity index (χ0n) is 12.3. The minimum Gasteiger partial charge on any atom is -0.497 e. The van der Waals surface area contributed by atoms with Crippen LogP contribution < -0.4 is 20.7 Å². The number of nitrogen functional groups attached to an aromatic ring is 1. The van der Waals surface area contributed by atoms with E-state index in [0.29, 0.717) is 18.3 Å². The number of anilines is 1. The number of hydrogen-bond donors (Lipinski definition) is 2. The number of nitrogens with one attached hydrogen (secondary N) is 1. The molecular formula is C15H20N4O2. The molecule has 1 aromatic carbocycles. The van der Waals surface area contributed by atoms with Crippen LogP contribution in [0.15, 0.2) is 30.6 Å². The second-order valence-electron chi connectivity index (χ2n) is 4.54. The van der Waals surface area contributed by atoms with Gasteiger partial charge in [-0.1, -0.05) is 25.5 Å². The lowest BCUT2D eigenvalue weighted by Crippen LogP contribution is -2.13. The fraction of sp³-hybridized carbons (Fsp3) is 0.333. The summed E-state index contributed by atoms with van der Waals surface area (Å²) < 4.78 is 10.9. The molecule has 0 unspecified atom stereocenters. The number of ether oxygens (including phenoxy) is 2. The van der Waals surface area contributed by atoms with Gasteiger partial charge in [0.05, 0.1) is 12.7 Å². The Labute approximate surface area is 124 Å². The third kappa shape index (κ3) is 3.82. The van der Waals surface area contributed by atoms with E-state index in [9.17, 15) is 0 Å². The monoisotopic (exact) mass is 288 g/mol. The highest BCUT2D eigenvalue weighted by molar-refractivity contribution is 5.47. The number of aromatic nitrogens is 2. The van der Waals surface area contributed by atoms with Crippen molar-refractivity contribution < 1.29 is 9.47 Å². The Bertz CT molecular complexity index is 572. The van der Waals surface area contributed by atoms with Gasteiger partial charge in [0.1, 0.15) is 24.5 Å². The van der Waals surface area contributed by atoms with Gasteiger partial charge in [0.15, 0.2) is 0 Å². The molecule has 0 bridgehead atoms. The number of methoxy groups -OCH3 is 1. The lowest BCUT2D eigenvalue weighted by atomic mass is 10.2. The standard InChI is InChI=1S/C15H20N4O2/c1-3-4-13-14(19-16)17-10-18-15(13)21-9-11-5-7-12(20-2)8-6-11/h5-8,10H,3-4,9,16H2,1-2H3,(H,17,18,19). The molecule has 0 aliphatic carbocycles. The van der Waals surface area contributed by atoms with E-state index in [0.717, 1.165) is 29.7 Å². The van der Waals surface area contributed by atoms with E-state index in [-0.39, 0.29) is 0 Å². The number of benzene rings is 1. The molecule has 0 aliphatic heterocycles. The Morgan fingerprint density at radius 1 is 1.19 bits per heavy atom. The van der Waals surface area contributed by atoms with Crippen LogP contribution in [0.4, 0.5) is 5.82 Å². The first kappa shape index (κ1) is 15.1. The zero-order valence-corrected chi connectivity index (χ0v) is 12.3. The van der Waals surface area contributed by atoms with E-state index in [1.54, 1.807) is 7.11 Å². The number of nitrogens with two attached hydrogens (primary N) is 1. The van der Waals surface area contributed by atoms with Crippen molar-refractivity contribution >= 4 is 5.82 Å². The van der Waals surface area contributed by atoms with Gasteiger partial charge in [-0.25, -0.2) is 15.8 Å². The van der Waals surface area contributed by atoms with Crippen molar-refractivity contribution in [3.05, 3.63) is 41.7 Å².